The van der Waals surface area contributed by atoms with Crippen molar-refractivity contribution in [3.8, 4) is 0 Å². The van der Waals surface area contributed by atoms with Gasteiger partial charge in [0.2, 0.25) is 0 Å². The molecule has 0 aromatic rings. The van der Waals surface area contributed by atoms with E-state index in [0.29, 0.717) is 0 Å². The molecule has 0 aliphatic heterocycles. The fraction of sp³-hybridized carbons (Fsp3) is 0. The summed E-state index contributed by atoms with van der Waals surface area (Å²) in [5, 5.41) is 0. The summed E-state index contributed by atoms with van der Waals surface area (Å²) in [6.45, 7) is 0. The van der Waals surface area contributed by atoms with Gasteiger partial charge < -0.3 is 2.85 Å². The average Bonchev–Trinajstić information content (AvgIpc) is 0. The molecule has 0 saturated carbocycles. The maximum atomic E-state index is 0. The zero-order valence-corrected chi connectivity index (χ0v) is 21.9. The average molecular weight is 522 g/mol. The van der Waals surface area contributed by atoms with Gasteiger partial charge >= 0.3 is 59.1 Å². The van der Waals surface area contributed by atoms with E-state index in [1.165, 1.54) is 0 Å². The molecule has 108 valence electrons. The van der Waals surface area contributed by atoms with Gasteiger partial charge in [-0.1, -0.05) is 0 Å². The molecule has 0 aliphatic carbocycles. The van der Waals surface area contributed by atoms with Gasteiger partial charge in [-0.3, -0.25) is 0 Å². The predicted octanol–water partition coefficient (Wildman–Crippen LogP) is -0.284. The molecule has 15 heteroatoms. The monoisotopic (exact) mass is 516 g/mol. The van der Waals surface area contributed by atoms with Crippen molar-refractivity contribution in [1.29, 1.82) is 0 Å². The molecule has 0 spiro atoms. The molecule has 0 bridgehead atoms. The maximum absolute atomic E-state index is 0. The fourth-order valence-corrected chi connectivity index (χ4v) is 0. The summed E-state index contributed by atoms with van der Waals surface area (Å²) in [5.41, 5.74) is 0. The molecule has 0 fully saturated rings. The summed E-state index contributed by atoms with van der Waals surface area (Å²) in [4.78, 5) is 0. The van der Waals surface area contributed by atoms with Gasteiger partial charge in [0.25, 0.3) is 0 Å². The zero-order valence-electron chi connectivity index (χ0n) is 9.31. The van der Waals surface area contributed by atoms with E-state index in [4.69, 9.17) is 0 Å². The van der Waals surface area contributed by atoms with Crippen LogP contribution in [0.4, 0.5) is 0 Å². The Hall–Kier alpha value is 5.77. The maximum Gasteiger partial charge on any atom is 1.00 e. The van der Waals surface area contributed by atoms with E-state index in [2.05, 4.69) is 0 Å². The molecule has 0 unspecified atom stereocenters. The van der Waals surface area contributed by atoms with Gasteiger partial charge in [-0.15, -0.1) is 161 Å². The van der Waals surface area contributed by atoms with Crippen LogP contribution < -0.4 is 59.1 Å². The van der Waals surface area contributed by atoms with E-state index in [-0.39, 0.29) is 223 Å². The topological polar surface area (TPSA) is 0 Å². The van der Waals surface area contributed by atoms with E-state index in [9.17, 15) is 0 Å². The Labute approximate surface area is 219 Å². The van der Waals surface area contributed by atoms with Crippen LogP contribution in [0.15, 0.2) is 0 Å². The molecule has 0 aliphatic rings. The minimum atomic E-state index is 0. The van der Waals surface area contributed by atoms with Crippen molar-refractivity contribution in [2.75, 3.05) is 0 Å². The summed E-state index contributed by atoms with van der Waals surface area (Å²) in [6, 6.07) is 0. The van der Waals surface area contributed by atoms with Crippen LogP contribution in [0.3, 0.4) is 0 Å². The zero-order chi connectivity index (χ0) is 0. The van der Waals surface area contributed by atoms with Crippen LogP contribution in [0, 0.1) is 0 Å². The summed E-state index contributed by atoms with van der Waals surface area (Å²) in [7, 11) is 0. The van der Waals surface area contributed by atoms with Gasteiger partial charge in [0.05, 0.1) is 0 Å². The molecule has 0 aromatic heterocycles. The normalized spacial score (nSPS) is 0. The molecule has 0 rings (SSSR count). The Balaban J connectivity index is 0. The van der Waals surface area contributed by atoms with Crippen LogP contribution in [0.1, 0.15) is 2.85 Å². The Morgan fingerprint density at radius 1 is 0.200 bits per heavy atom. The number of hydrogen-bond acceptors (Lipinski definition) is 0. The van der Waals surface area contributed by atoms with Crippen molar-refractivity contribution in [2.24, 2.45) is 0 Å². The number of halogens is 13. The van der Waals surface area contributed by atoms with Gasteiger partial charge in [-0.2, -0.15) is 0 Å². The second-order valence-corrected chi connectivity index (χ2v) is 0. The van der Waals surface area contributed by atoms with Gasteiger partial charge in [0, 0.05) is 0 Å². The van der Waals surface area contributed by atoms with Crippen LogP contribution in [-0.2, 0) is 0 Å². The van der Waals surface area contributed by atoms with Crippen LogP contribution in [0.25, 0.3) is 0 Å². The quantitative estimate of drug-likeness (QED) is 0.385. The summed E-state index contributed by atoms with van der Waals surface area (Å²) in [5.74, 6) is 0. The van der Waals surface area contributed by atoms with E-state index < -0.39 is 0 Å². The molecule has 0 amide bonds. The first kappa shape index (κ1) is 244. The molecule has 0 heterocycles. The molecule has 0 saturated heterocycles. The first-order valence-corrected chi connectivity index (χ1v) is 0. The smallest absolute Gasteiger partial charge is 1.00 e. The largest absolute Gasteiger partial charge is 1.00 e. The van der Waals surface area contributed by atoms with E-state index in [1.54, 1.807) is 0 Å². The van der Waals surface area contributed by atoms with Crippen molar-refractivity contribution in [3.05, 3.63) is 0 Å². The van der Waals surface area contributed by atoms with Crippen molar-refractivity contribution in [1.82, 2.24) is 0 Å². The molecular formula is H15Cl13Na2. The second-order valence-electron chi connectivity index (χ2n) is 0. The van der Waals surface area contributed by atoms with Gasteiger partial charge in [0.15, 0.2) is 0 Å². The Kier molecular flexibility index (Phi) is 3400. The Bertz CT molecular complexity index is 17.4. The van der Waals surface area contributed by atoms with Gasteiger partial charge in [-0.25, -0.2) is 0 Å². The number of rotatable bonds is 0. The van der Waals surface area contributed by atoms with Crippen LogP contribution in [0.2, 0.25) is 0 Å². The Morgan fingerprint density at radius 2 is 0.200 bits per heavy atom. The molecule has 0 N–H and O–H groups in total. The third-order valence-corrected chi connectivity index (χ3v) is 0. The van der Waals surface area contributed by atoms with E-state index in [1.807, 2.05) is 0 Å². The first-order chi connectivity index (χ1) is 0. The summed E-state index contributed by atoms with van der Waals surface area (Å²) >= 11 is 0. The standard InChI is InChI=1S/13ClH.2Na.2H/h13*1H;;;;/q;;;;;;;;;;;;;2*+1;2*-1. The van der Waals surface area contributed by atoms with Crippen molar-refractivity contribution < 1.29 is 62.0 Å². The SMILES string of the molecule is Cl.Cl.Cl.Cl.Cl.Cl.Cl.Cl.Cl.Cl.Cl.Cl.Cl.[H-].[H-].[Na+].[Na+]. The molecule has 0 nitrogen and oxygen atoms in total. The van der Waals surface area contributed by atoms with Gasteiger partial charge in [0.1, 0.15) is 0 Å². The van der Waals surface area contributed by atoms with Crippen molar-refractivity contribution in [2.45, 2.75) is 0 Å². The first-order valence-electron chi connectivity index (χ1n) is 0. The minimum absolute atomic E-state index is 0. The third-order valence-electron chi connectivity index (χ3n) is 0. The fourth-order valence-electron chi connectivity index (χ4n) is 0. The van der Waals surface area contributed by atoms with Crippen molar-refractivity contribution >= 4 is 161 Å². The number of hydrogen-bond donors (Lipinski definition) is 0. The molecular weight excluding hydrogens is 507 g/mol. The van der Waals surface area contributed by atoms with E-state index >= 15 is 0 Å². The second kappa shape index (κ2) is 209. The third kappa shape index (κ3) is 188. The minimum Gasteiger partial charge on any atom is -1.00 e. The van der Waals surface area contributed by atoms with Crippen LogP contribution >= 0.6 is 161 Å². The van der Waals surface area contributed by atoms with Gasteiger partial charge in [-0.05, 0) is 0 Å². The molecule has 15 heavy (non-hydrogen) atoms. The van der Waals surface area contributed by atoms with Crippen molar-refractivity contribution in [3.63, 3.8) is 0 Å². The molecule has 0 atom stereocenters. The molecule has 0 radical (unpaired) electrons. The summed E-state index contributed by atoms with van der Waals surface area (Å²) < 4.78 is 0. The predicted molar refractivity (Wildman–Crippen MR) is 96.4 cm³/mol. The Morgan fingerprint density at radius 3 is 0.200 bits per heavy atom. The van der Waals surface area contributed by atoms with E-state index in [0.717, 1.165) is 0 Å². The van der Waals surface area contributed by atoms with Crippen LogP contribution in [0.5, 0.6) is 0 Å². The molecule has 0 aromatic carbocycles. The van der Waals surface area contributed by atoms with Crippen LogP contribution in [-0.4, -0.2) is 0 Å². The summed E-state index contributed by atoms with van der Waals surface area (Å²) in [6.07, 6.45) is 0.